The SMILES string of the molecule is CC1CC(N)Cn2c1nc1c2CC(c2ccccc2)CC1. The van der Waals surface area contributed by atoms with Gasteiger partial charge in [-0.05, 0) is 37.2 Å². The van der Waals surface area contributed by atoms with Crippen molar-refractivity contribution in [3.63, 3.8) is 0 Å². The van der Waals surface area contributed by atoms with Gasteiger partial charge in [-0.2, -0.15) is 0 Å². The van der Waals surface area contributed by atoms with E-state index in [9.17, 15) is 0 Å². The highest BCUT2D eigenvalue weighted by Crippen LogP contribution is 2.36. The zero-order valence-electron chi connectivity index (χ0n) is 12.6. The van der Waals surface area contributed by atoms with Gasteiger partial charge in [0.15, 0.2) is 0 Å². The smallest absolute Gasteiger partial charge is 0.112 e. The molecular formula is C18H23N3. The average Bonchev–Trinajstić information content (AvgIpc) is 2.86. The van der Waals surface area contributed by atoms with Crippen LogP contribution in [0.2, 0.25) is 0 Å². The molecule has 0 saturated heterocycles. The van der Waals surface area contributed by atoms with Crippen molar-refractivity contribution in [2.75, 3.05) is 0 Å². The van der Waals surface area contributed by atoms with Crippen LogP contribution in [0.3, 0.4) is 0 Å². The number of benzene rings is 1. The number of rotatable bonds is 1. The van der Waals surface area contributed by atoms with Gasteiger partial charge in [-0.25, -0.2) is 4.98 Å². The first-order chi connectivity index (χ1) is 10.2. The van der Waals surface area contributed by atoms with Crippen LogP contribution in [0, 0.1) is 0 Å². The summed E-state index contributed by atoms with van der Waals surface area (Å²) < 4.78 is 2.43. The fourth-order valence-electron chi connectivity index (χ4n) is 4.09. The summed E-state index contributed by atoms with van der Waals surface area (Å²) in [7, 11) is 0. The van der Waals surface area contributed by atoms with Crippen molar-refractivity contribution in [1.29, 1.82) is 0 Å². The number of nitrogens with zero attached hydrogens (tertiary/aromatic N) is 2. The van der Waals surface area contributed by atoms with Gasteiger partial charge in [0.25, 0.3) is 0 Å². The van der Waals surface area contributed by atoms with E-state index in [2.05, 4.69) is 41.8 Å². The highest BCUT2D eigenvalue weighted by atomic mass is 15.1. The van der Waals surface area contributed by atoms with E-state index in [1.165, 1.54) is 29.2 Å². The zero-order valence-corrected chi connectivity index (χ0v) is 12.6. The van der Waals surface area contributed by atoms with Crippen molar-refractivity contribution in [3.05, 3.63) is 53.1 Å². The van der Waals surface area contributed by atoms with E-state index in [1.54, 1.807) is 0 Å². The van der Waals surface area contributed by atoms with Crippen LogP contribution in [0.25, 0.3) is 0 Å². The van der Waals surface area contributed by atoms with Gasteiger partial charge in [0, 0.05) is 24.2 Å². The lowest BCUT2D eigenvalue weighted by Crippen LogP contribution is -2.34. The van der Waals surface area contributed by atoms with Gasteiger partial charge in [-0.1, -0.05) is 37.3 Å². The minimum absolute atomic E-state index is 0.280. The molecule has 0 fully saturated rings. The largest absolute Gasteiger partial charge is 0.330 e. The van der Waals surface area contributed by atoms with Crippen LogP contribution in [-0.2, 0) is 19.4 Å². The highest BCUT2D eigenvalue weighted by molar-refractivity contribution is 5.30. The third-order valence-electron chi connectivity index (χ3n) is 5.14. The predicted octanol–water partition coefficient (Wildman–Crippen LogP) is 2.99. The third kappa shape index (κ3) is 2.20. The summed E-state index contributed by atoms with van der Waals surface area (Å²) in [5.74, 6) is 2.40. The van der Waals surface area contributed by atoms with Crippen LogP contribution >= 0.6 is 0 Å². The molecule has 21 heavy (non-hydrogen) atoms. The number of fused-ring (bicyclic) bond motifs is 3. The molecule has 0 spiro atoms. The van der Waals surface area contributed by atoms with Crippen LogP contribution in [0.1, 0.15) is 54.4 Å². The molecule has 2 aliphatic rings. The molecule has 1 aromatic heterocycles. The molecule has 2 N–H and O–H groups in total. The average molecular weight is 281 g/mol. The van der Waals surface area contributed by atoms with Gasteiger partial charge in [0.05, 0.1) is 5.69 Å². The first kappa shape index (κ1) is 13.1. The molecule has 0 radical (unpaired) electrons. The summed E-state index contributed by atoms with van der Waals surface area (Å²) in [6.45, 7) is 3.21. The normalized spacial score (nSPS) is 28.0. The van der Waals surface area contributed by atoms with E-state index in [4.69, 9.17) is 10.7 Å². The maximum atomic E-state index is 6.23. The molecule has 1 aliphatic carbocycles. The molecule has 4 rings (SSSR count). The fraction of sp³-hybridized carbons (Fsp3) is 0.500. The molecular weight excluding hydrogens is 258 g/mol. The van der Waals surface area contributed by atoms with Crippen LogP contribution in [0.5, 0.6) is 0 Å². The van der Waals surface area contributed by atoms with Crippen LogP contribution in [0.4, 0.5) is 0 Å². The van der Waals surface area contributed by atoms with Gasteiger partial charge in [-0.3, -0.25) is 0 Å². The predicted molar refractivity (Wildman–Crippen MR) is 84.4 cm³/mol. The molecule has 3 unspecified atom stereocenters. The Hall–Kier alpha value is -1.61. The zero-order chi connectivity index (χ0) is 14.4. The van der Waals surface area contributed by atoms with E-state index in [-0.39, 0.29) is 6.04 Å². The summed E-state index contributed by atoms with van der Waals surface area (Å²) in [6.07, 6.45) is 4.51. The van der Waals surface area contributed by atoms with Gasteiger partial charge in [-0.15, -0.1) is 0 Å². The van der Waals surface area contributed by atoms with E-state index >= 15 is 0 Å². The highest BCUT2D eigenvalue weighted by Gasteiger charge is 2.31. The van der Waals surface area contributed by atoms with Crippen molar-refractivity contribution < 1.29 is 0 Å². The molecule has 1 aromatic carbocycles. The summed E-state index contributed by atoms with van der Waals surface area (Å²) >= 11 is 0. The summed E-state index contributed by atoms with van der Waals surface area (Å²) in [6, 6.07) is 11.2. The Balaban J connectivity index is 1.69. The lowest BCUT2D eigenvalue weighted by atomic mass is 9.84. The molecule has 3 heteroatoms. The van der Waals surface area contributed by atoms with Gasteiger partial charge < -0.3 is 10.3 Å². The maximum absolute atomic E-state index is 6.23. The molecule has 3 nitrogen and oxygen atoms in total. The minimum Gasteiger partial charge on any atom is -0.330 e. The second kappa shape index (κ2) is 4.99. The second-order valence-corrected chi connectivity index (χ2v) is 6.72. The molecule has 0 saturated carbocycles. The van der Waals surface area contributed by atoms with E-state index in [0.717, 1.165) is 25.8 Å². The summed E-state index contributed by atoms with van der Waals surface area (Å²) in [5, 5.41) is 0. The Morgan fingerprint density at radius 2 is 2.05 bits per heavy atom. The van der Waals surface area contributed by atoms with Crippen molar-refractivity contribution >= 4 is 0 Å². The Kier molecular flexibility index (Phi) is 3.11. The first-order valence-corrected chi connectivity index (χ1v) is 8.11. The van der Waals surface area contributed by atoms with Gasteiger partial charge in [0.1, 0.15) is 5.82 Å². The van der Waals surface area contributed by atoms with Crippen molar-refractivity contribution in [1.82, 2.24) is 9.55 Å². The fourth-order valence-corrected chi connectivity index (χ4v) is 4.09. The van der Waals surface area contributed by atoms with E-state index in [1.807, 2.05) is 0 Å². The number of imidazole rings is 1. The van der Waals surface area contributed by atoms with Gasteiger partial charge >= 0.3 is 0 Å². The quantitative estimate of drug-likeness (QED) is 0.873. The number of hydrogen-bond acceptors (Lipinski definition) is 2. The lowest BCUT2D eigenvalue weighted by molar-refractivity contribution is 0.396. The topological polar surface area (TPSA) is 43.8 Å². The van der Waals surface area contributed by atoms with Crippen molar-refractivity contribution in [2.24, 2.45) is 5.73 Å². The van der Waals surface area contributed by atoms with Crippen molar-refractivity contribution in [2.45, 2.75) is 57.0 Å². The molecule has 110 valence electrons. The van der Waals surface area contributed by atoms with Crippen LogP contribution in [0.15, 0.2) is 30.3 Å². The van der Waals surface area contributed by atoms with Crippen molar-refractivity contribution in [3.8, 4) is 0 Å². The molecule has 2 aromatic rings. The Bertz CT molecular complexity index is 644. The molecule has 0 amide bonds. The molecule has 3 atom stereocenters. The Morgan fingerprint density at radius 1 is 1.24 bits per heavy atom. The number of aromatic nitrogens is 2. The summed E-state index contributed by atoms with van der Waals surface area (Å²) in [4.78, 5) is 4.94. The Labute approximate surface area is 126 Å². The maximum Gasteiger partial charge on any atom is 0.112 e. The third-order valence-corrected chi connectivity index (χ3v) is 5.14. The van der Waals surface area contributed by atoms with Gasteiger partial charge in [0.2, 0.25) is 0 Å². The number of nitrogens with two attached hydrogens (primary N) is 1. The molecule has 2 heterocycles. The summed E-state index contributed by atoms with van der Waals surface area (Å²) in [5.41, 5.74) is 10.5. The molecule has 0 bridgehead atoms. The van der Waals surface area contributed by atoms with E-state index in [0.29, 0.717) is 11.8 Å². The molecule has 1 aliphatic heterocycles. The number of hydrogen-bond donors (Lipinski definition) is 1. The van der Waals surface area contributed by atoms with E-state index < -0.39 is 0 Å². The Morgan fingerprint density at radius 3 is 2.86 bits per heavy atom. The minimum atomic E-state index is 0.280. The van der Waals surface area contributed by atoms with Crippen LogP contribution in [-0.4, -0.2) is 15.6 Å². The number of aryl methyl sites for hydroxylation is 1. The van der Waals surface area contributed by atoms with Crippen LogP contribution < -0.4 is 5.73 Å². The first-order valence-electron chi connectivity index (χ1n) is 8.11. The second-order valence-electron chi connectivity index (χ2n) is 6.72. The standard InChI is InChI=1S/C18H23N3/c1-12-9-15(19)11-21-17-10-14(13-5-3-2-4-6-13)7-8-16(17)20-18(12)21/h2-6,12,14-15H,7-11,19H2,1H3. The lowest BCUT2D eigenvalue weighted by Gasteiger charge is -2.29. The monoisotopic (exact) mass is 281 g/mol.